The number of anilines is 1. The number of ether oxygens (including phenoxy) is 1. The van der Waals surface area contributed by atoms with Crippen LogP contribution in [-0.4, -0.2) is 22.2 Å². The van der Waals surface area contributed by atoms with E-state index in [1.165, 1.54) is 0 Å². The molecule has 4 rings (SSSR count). The Kier molecular flexibility index (Phi) is 2.85. The summed E-state index contributed by atoms with van der Waals surface area (Å²) >= 11 is 0. The quantitative estimate of drug-likeness (QED) is 0.784. The molecule has 2 aromatic carbocycles. The molecule has 0 unspecified atom stereocenters. The number of nitrogens with zero attached hydrogens (tertiary/aromatic N) is 2. The van der Waals surface area contributed by atoms with E-state index in [1.807, 2.05) is 55.5 Å². The first-order valence-electron chi connectivity index (χ1n) is 7.22. The third-order valence-corrected chi connectivity index (χ3v) is 4.03. The second kappa shape index (κ2) is 4.87. The van der Waals surface area contributed by atoms with E-state index in [2.05, 4.69) is 9.97 Å². The van der Waals surface area contributed by atoms with E-state index >= 15 is 0 Å². The van der Waals surface area contributed by atoms with Gasteiger partial charge in [0.15, 0.2) is 0 Å². The van der Waals surface area contributed by atoms with Gasteiger partial charge in [0.1, 0.15) is 12.1 Å². The smallest absolute Gasteiger partial charge is 0.415 e. The minimum absolute atomic E-state index is 0.130. The number of carbonyl (C=O) groups excluding carboxylic acids is 1. The van der Waals surface area contributed by atoms with Crippen LogP contribution < -0.4 is 4.90 Å². The lowest BCUT2D eigenvalue weighted by molar-refractivity contribution is 0.141. The van der Waals surface area contributed by atoms with E-state index < -0.39 is 0 Å². The summed E-state index contributed by atoms with van der Waals surface area (Å²) in [6.07, 6.45) is 1.13. The highest BCUT2D eigenvalue weighted by Crippen LogP contribution is 2.37. The van der Waals surface area contributed by atoms with Crippen molar-refractivity contribution < 1.29 is 9.53 Å². The van der Waals surface area contributed by atoms with Crippen molar-refractivity contribution in [3.63, 3.8) is 0 Å². The average Bonchev–Trinajstić information content (AvgIpc) is 3.11. The van der Waals surface area contributed by atoms with Crippen LogP contribution >= 0.6 is 0 Å². The fourth-order valence-corrected chi connectivity index (χ4v) is 3.01. The molecule has 2 atom stereocenters. The molecule has 0 bridgehead atoms. The van der Waals surface area contributed by atoms with Gasteiger partial charge in [-0.15, -0.1) is 0 Å². The molecular weight excluding hydrogens is 278 g/mol. The number of aromatic nitrogens is 2. The van der Waals surface area contributed by atoms with Crippen LogP contribution in [0, 0.1) is 0 Å². The number of aromatic amines is 1. The molecule has 1 aliphatic rings. The van der Waals surface area contributed by atoms with E-state index in [0.29, 0.717) is 0 Å². The van der Waals surface area contributed by atoms with Crippen LogP contribution in [0.5, 0.6) is 0 Å². The van der Waals surface area contributed by atoms with Gasteiger partial charge in [-0.05, 0) is 30.7 Å². The van der Waals surface area contributed by atoms with E-state index in [-0.39, 0.29) is 18.2 Å². The number of amides is 1. The van der Waals surface area contributed by atoms with Crippen LogP contribution in [0.1, 0.15) is 18.5 Å². The summed E-state index contributed by atoms with van der Waals surface area (Å²) in [4.78, 5) is 21.3. The lowest BCUT2D eigenvalue weighted by Gasteiger charge is -2.23. The van der Waals surface area contributed by atoms with Crippen molar-refractivity contribution in [2.45, 2.75) is 19.1 Å². The highest BCUT2D eigenvalue weighted by Gasteiger charge is 2.41. The molecule has 0 spiro atoms. The third-order valence-electron chi connectivity index (χ3n) is 4.03. The lowest BCUT2D eigenvalue weighted by Crippen LogP contribution is -2.28. The third kappa shape index (κ3) is 1.94. The molecule has 5 heteroatoms. The number of fused-ring (bicyclic) bond motifs is 1. The number of hydrogen-bond donors (Lipinski definition) is 1. The summed E-state index contributed by atoms with van der Waals surface area (Å²) in [5, 5.41) is 0. The minimum atomic E-state index is -0.319. The predicted octanol–water partition coefficient (Wildman–Crippen LogP) is 3.65. The van der Waals surface area contributed by atoms with Crippen LogP contribution in [0.15, 0.2) is 54.9 Å². The summed E-state index contributed by atoms with van der Waals surface area (Å²) < 4.78 is 5.45. The fraction of sp³-hybridized carbons (Fsp3) is 0.176. The van der Waals surface area contributed by atoms with Crippen molar-refractivity contribution in [3.8, 4) is 0 Å². The highest BCUT2D eigenvalue weighted by atomic mass is 16.6. The molecule has 1 aromatic heterocycles. The molecule has 22 heavy (non-hydrogen) atoms. The second-order valence-corrected chi connectivity index (χ2v) is 5.42. The van der Waals surface area contributed by atoms with Gasteiger partial charge in [-0.25, -0.2) is 9.78 Å². The first-order chi connectivity index (χ1) is 10.7. The number of H-pyrrole nitrogens is 1. The zero-order valence-electron chi connectivity index (χ0n) is 12.1. The summed E-state index contributed by atoms with van der Waals surface area (Å²) in [5.74, 6) is 0. The Hall–Kier alpha value is -2.82. The lowest BCUT2D eigenvalue weighted by atomic mass is 10.0. The number of cyclic esters (lactones) is 1. The van der Waals surface area contributed by atoms with Gasteiger partial charge in [0.2, 0.25) is 0 Å². The molecule has 110 valence electrons. The minimum Gasteiger partial charge on any atom is -0.444 e. The Balaban J connectivity index is 1.81. The fourth-order valence-electron chi connectivity index (χ4n) is 3.01. The Morgan fingerprint density at radius 2 is 2.00 bits per heavy atom. The van der Waals surface area contributed by atoms with Gasteiger partial charge in [0, 0.05) is 0 Å². The van der Waals surface area contributed by atoms with Crippen molar-refractivity contribution >= 4 is 22.8 Å². The zero-order chi connectivity index (χ0) is 15.1. The number of carbonyl (C=O) groups is 1. The van der Waals surface area contributed by atoms with Crippen molar-refractivity contribution in [1.29, 1.82) is 0 Å². The molecule has 1 aliphatic heterocycles. The molecule has 1 fully saturated rings. The van der Waals surface area contributed by atoms with Crippen LogP contribution in [0.25, 0.3) is 11.0 Å². The summed E-state index contributed by atoms with van der Waals surface area (Å²) in [5.41, 5.74) is 3.64. The summed E-state index contributed by atoms with van der Waals surface area (Å²) in [6, 6.07) is 15.6. The molecule has 2 heterocycles. The van der Waals surface area contributed by atoms with Gasteiger partial charge in [-0.2, -0.15) is 0 Å². The van der Waals surface area contributed by atoms with Crippen molar-refractivity contribution in [2.75, 3.05) is 4.90 Å². The number of rotatable bonds is 2. The number of hydrogen-bond acceptors (Lipinski definition) is 3. The van der Waals surface area contributed by atoms with Crippen LogP contribution in [0.2, 0.25) is 0 Å². The van der Waals surface area contributed by atoms with E-state index in [4.69, 9.17) is 4.74 Å². The monoisotopic (exact) mass is 293 g/mol. The highest BCUT2D eigenvalue weighted by molar-refractivity contribution is 5.93. The van der Waals surface area contributed by atoms with Crippen molar-refractivity contribution in [3.05, 3.63) is 60.4 Å². The molecule has 1 saturated heterocycles. The Bertz CT molecular complexity index is 828. The van der Waals surface area contributed by atoms with E-state index in [1.54, 1.807) is 11.2 Å². The molecule has 5 nitrogen and oxygen atoms in total. The van der Waals surface area contributed by atoms with Gasteiger partial charge in [-0.1, -0.05) is 30.3 Å². The van der Waals surface area contributed by atoms with Crippen LogP contribution in [0.3, 0.4) is 0 Å². The van der Waals surface area contributed by atoms with Gasteiger partial charge in [0.25, 0.3) is 0 Å². The normalized spacial score (nSPS) is 21.3. The Labute approximate surface area is 127 Å². The standard InChI is InChI=1S/C17H15N3O2/c1-11-16(12-5-3-2-4-6-12)20(17(21)22-11)13-7-8-14-15(9-13)19-10-18-14/h2-11,16H,1H3,(H,18,19)/t11-,16+/m0/s1. The molecule has 1 N–H and O–H groups in total. The average molecular weight is 293 g/mol. The van der Waals surface area contributed by atoms with Crippen LogP contribution in [0.4, 0.5) is 10.5 Å². The van der Waals surface area contributed by atoms with Gasteiger partial charge < -0.3 is 9.72 Å². The molecule has 1 amide bonds. The van der Waals surface area contributed by atoms with Gasteiger partial charge in [0.05, 0.1) is 23.0 Å². The SMILES string of the molecule is C[C@@H]1OC(=O)N(c2ccc3nc[nH]c3c2)[C@H]1c1ccccc1. The van der Waals surface area contributed by atoms with E-state index in [9.17, 15) is 4.79 Å². The topological polar surface area (TPSA) is 58.2 Å². The zero-order valence-corrected chi connectivity index (χ0v) is 12.1. The second-order valence-electron chi connectivity index (χ2n) is 5.42. The molecule has 3 aromatic rings. The van der Waals surface area contributed by atoms with Crippen LogP contribution in [-0.2, 0) is 4.74 Å². The maximum absolute atomic E-state index is 12.3. The molecule has 0 aliphatic carbocycles. The van der Waals surface area contributed by atoms with Gasteiger partial charge in [-0.3, -0.25) is 4.90 Å². The van der Waals surface area contributed by atoms with E-state index in [0.717, 1.165) is 22.3 Å². The summed E-state index contributed by atoms with van der Waals surface area (Å²) in [7, 11) is 0. The van der Waals surface area contributed by atoms with Crippen molar-refractivity contribution in [2.24, 2.45) is 0 Å². The predicted molar refractivity (Wildman–Crippen MR) is 83.7 cm³/mol. The molecule has 0 radical (unpaired) electrons. The largest absolute Gasteiger partial charge is 0.444 e. The number of nitrogens with one attached hydrogen (secondary N) is 1. The maximum Gasteiger partial charge on any atom is 0.415 e. The maximum atomic E-state index is 12.3. The first kappa shape index (κ1) is 12.9. The summed E-state index contributed by atoms with van der Waals surface area (Å²) in [6.45, 7) is 1.92. The molecule has 0 saturated carbocycles. The Morgan fingerprint density at radius 1 is 1.18 bits per heavy atom. The number of benzene rings is 2. The Morgan fingerprint density at radius 3 is 2.82 bits per heavy atom. The molecular formula is C17H15N3O2. The van der Waals surface area contributed by atoms with Gasteiger partial charge >= 0.3 is 6.09 Å². The first-order valence-corrected chi connectivity index (χ1v) is 7.22. The van der Waals surface area contributed by atoms with Crippen molar-refractivity contribution in [1.82, 2.24) is 9.97 Å². The number of imidazole rings is 1.